The molecule has 9 nitrogen and oxygen atoms in total. The molecule has 2 aliphatic carbocycles. The van der Waals surface area contributed by atoms with Crippen molar-refractivity contribution in [2.24, 2.45) is 48.8 Å². The third kappa shape index (κ3) is 7.49. The van der Waals surface area contributed by atoms with Crippen LogP contribution in [0.25, 0.3) is 0 Å². The van der Waals surface area contributed by atoms with E-state index < -0.39 is 5.66 Å². The number of carbonyl (C=O) groups is 2. The summed E-state index contributed by atoms with van der Waals surface area (Å²) in [6.07, 6.45) is 12.2. The molecule has 0 radical (unpaired) electrons. The number of amides is 2. The molecule has 3 heterocycles. The van der Waals surface area contributed by atoms with E-state index in [0.717, 1.165) is 63.1 Å². The smallest absolute Gasteiger partial charge is 0.291 e. The number of rotatable bonds is 7. The normalized spacial score (nSPS) is 28.7. The van der Waals surface area contributed by atoms with Gasteiger partial charge in [-0.05, 0) is 97.6 Å². The summed E-state index contributed by atoms with van der Waals surface area (Å²) in [5.41, 5.74) is 1.49. The van der Waals surface area contributed by atoms with Gasteiger partial charge in [0.2, 0.25) is 0 Å². The molecule has 0 bridgehead atoms. The van der Waals surface area contributed by atoms with Gasteiger partial charge < -0.3 is 15.1 Å². The Morgan fingerprint density at radius 3 is 2.32 bits per heavy atom. The molecule has 6 rings (SSSR count). The van der Waals surface area contributed by atoms with Crippen molar-refractivity contribution in [1.29, 1.82) is 0 Å². The molecule has 5 aliphatic rings. The van der Waals surface area contributed by atoms with Gasteiger partial charge in [-0.1, -0.05) is 72.9 Å². The monoisotopic (exact) mass is 643 g/mol. The second kappa shape index (κ2) is 13.4. The number of nitrogens with one attached hydrogen (secondary N) is 1. The quantitative estimate of drug-likeness (QED) is 0.328. The number of nitrogens with zero attached hydrogens (tertiary/aromatic N) is 6. The van der Waals surface area contributed by atoms with E-state index in [4.69, 9.17) is 4.99 Å². The van der Waals surface area contributed by atoms with Crippen LogP contribution in [0.15, 0.2) is 44.5 Å². The lowest BCUT2D eigenvalue weighted by molar-refractivity contribution is -0.134. The SMILES string of the molecule is CC(C)(C)CC[C@H](c1ccc(C(=O)NCC2=NCN=N2)cc1)N1C(=O)C(N2CCC3CCCCC3C2)=NC12CCC(C(C)(C)C)CC2. The van der Waals surface area contributed by atoms with Crippen molar-refractivity contribution in [3.8, 4) is 0 Å². The molecular weight excluding hydrogens is 586 g/mol. The fourth-order valence-electron chi connectivity index (χ4n) is 8.81. The highest BCUT2D eigenvalue weighted by molar-refractivity contribution is 6.39. The summed E-state index contributed by atoms with van der Waals surface area (Å²) in [5.74, 6) is 3.29. The zero-order valence-corrected chi connectivity index (χ0v) is 29.7. The highest BCUT2D eigenvalue weighted by atomic mass is 16.2. The molecule has 1 aromatic carbocycles. The predicted molar refractivity (Wildman–Crippen MR) is 187 cm³/mol. The van der Waals surface area contributed by atoms with E-state index in [2.05, 4.69) is 84.0 Å². The van der Waals surface area contributed by atoms with Crippen LogP contribution < -0.4 is 5.32 Å². The van der Waals surface area contributed by atoms with Crippen LogP contribution in [-0.4, -0.2) is 65.3 Å². The van der Waals surface area contributed by atoms with Crippen LogP contribution in [0.3, 0.4) is 0 Å². The van der Waals surface area contributed by atoms with Crippen LogP contribution in [0.5, 0.6) is 0 Å². The van der Waals surface area contributed by atoms with Gasteiger partial charge in [-0.3, -0.25) is 9.59 Å². The van der Waals surface area contributed by atoms with Crippen molar-refractivity contribution in [2.45, 2.75) is 124 Å². The van der Waals surface area contributed by atoms with Gasteiger partial charge in [-0.25, -0.2) is 9.98 Å². The van der Waals surface area contributed by atoms with Crippen molar-refractivity contribution >= 4 is 23.5 Å². The number of benzene rings is 1. The lowest BCUT2D eigenvalue weighted by atomic mass is 9.69. The summed E-state index contributed by atoms with van der Waals surface area (Å²) in [5, 5.41) is 10.7. The number of carbonyl (C=O) groups excluding carboxylic acids is 2. The summed E-state index contributed by atoms with van der Waals surface area (Å²) in [4.78, 5) is 42.2. The maximum Gasteiger partial charge on any atom is 0.291 e. The average Bonchev–Trinajstić information content (AvgIpc) is 3.66. The molecule has 256 valence electrons. The zero-order valence-electron chi connectivity index (χ0n) is 29.7. The molecular formula is C38H57N7O2. The third-order valence-electron chi connectivity index (χ3n) is 11.7. The Kier molecular flexibility index (Phi) is 9.65. The lowest BCUT2D eigenvalue weighted by Gasteiger charge is -2.47. The van der Waals surface area contributed by atoms with E-state index in [-0.39, 0.29) is 35.2 Å². The first-order valence-corrected chi connectivity index (χ1v) is 18.3. The Balaban J connectivity index is 1.30. The predicted octanol–water partition coefficient (Wildman–Crippen LogP) is 7.79. The first kappa shape index (κ1) is 33.8. The number of aliphatic imine (C=N–C) groups is 2. The molecule has 1 spiro atoms. The minimum Gasteiger partial charge on any atom is -0.352 e. The second-order valence-electron chi connectivity index (χ2n) is 17.1. The van der Waals surface area contributed by atoms with Crippen LogP contribution in [0.4, 0.5) is 0 Å². The summed E-state index contributed by atoms with van der Waals surface area (Å²) < 4.78 is 0. The highest BCUT2D eigenvalue weighted by Crippen LogP contribution is 2.50. The van der Waals surface area contributed by atoms with Gasteiger partial charge >= 0.3 is 0 Å². The van der Waals surface area contributed by atoms with Crippen LogP contribution in [0.1, 0.15) is 134 Å². The maximum atomic E-state index is 14.9. The van der Waals surface area contributed by atoms with E-state index in [1.54, 1.807) is 0 Å². The van der Waals surface area contributed by atoms with Crippen LogP contribution >= 0.6 is 0 Å². The molecule has 9 heteroatoms. The summed E-state index contributed by atoms with van der Waals surface area (Å²) in [6, 6.07) is 7.79. The van der Waals surface area contributed by atoms with E-state index in [9.17, 15) is 9.59 Å². The number of hydrogen-bond donors (Lipinski definition) is 1. The van der Waals surface area contributed by atoms with Gasteiger partial charge in [0, 0.05) is 18.7 Å². The lowest BCUT2D eigenvalue weighted by Crippen LogP contribution is -2.53. The van der Waals surface area contributed by atoms with Crippen molar-refractivity contribution in [3.05, 3.63) is 35.4 Å². The molecule has 47 heavy (non-hydrogen) atoms. The number of likely N-dealkylation sites (tertiary alicyclic amines) is 1. The van der Waals surface area contributed by atoms with Gasteiger partial charge in [0.1, 0.15) is 5.66 Å². The van der Waals surface area contributed by atoms with E-state index >= 15 is 0 Å². The number of azo groups is 1. The Bertz CT molecular complexity index is 1390. The molecule has 2 saturated carbocycles. The van der Waals surface area contributed by atoms with Crippen LogP contribution in [0, 0.1) is 28.6 Å². The van der Waals surface area contributed by atoms with Gasteiger partial charge in [-0.2, -0.15) is 5.11 Å². The standard InChI is InChI=1S/C38H57N7O2/c1-36(2,3)19-17-31(27-11-13-28(14-12-27)34(46)39-23-32-40-25-41-43-32)45-35(47)33(44-22-18-26-9-7-8-10-29(26)24-44)42-38(45)20-15-30(16-21-38)37(4,5)6/h11-14,26,29-31H,7-10,15-25H2,1-6H3,(H,39,46)/t26?,29?,30?,31-,38?/m1/s1. The molecule has 0 aromatic heterocycles. The largest absolute Gasteiger partial charge is 0.352 e. The summed E-state index contributed by atoms with van der Waals surface area (Å²) in [6.45, 7) is 16.4. The Hall–Kier alpha value is -3.10. The molecule has 1 N–H and O–H groups in total. The second-order valence-corrected chi connectivity index (χ2v) is 17.1. The molecule has 1 aromatic rings. The number of piperidine rings is 1. The Labute approximate surface area is 282 Å². The van der Waals surface area contributed by atoms with Crippen molar-refractivity contribution in [3.63, 3.8) is 0 Å². The minimum absolute atomic E-state index is 0.112. The molecule has 2 amide bonds. The van der Waals surface area contributed by atoms with Crippen molar-refractivity contribution in [2.75, 3.05) is 26.3 Å². The maximum absolute atomic E-state index is 14.9. The molecule has 1 saturated heterocycles. The van der Waals surface area contributed by atoms with Gasteiger partial charge in [0.15, 0.2) is 18.3 Å². The number of amidine groups is 2. The fourth-order valence-corrected chi connectivity index (χ4v) is 8.81. The topological polar surface area (TPSA) is 102 Å². The first-order chi connectivity index (χ1) is 22.3. The van der Waals surface area contributed by atoms with Crippen molar-refractivity contribution in [1.82, 2.24) is 15.1 Å². The van der Waals surface area contributed by atoms with Gasteiger partial charge in [0.05, 0.1) is 12.6 Å². The van der Waals surface area contributed by atoms with Crippen LogP contribution in [-0.2, 0) is 4.79 Å². The highest BCUT2D eigenvalue weighted by Gasteiger charge is 2.54. The van der Waals surface area contributed by atoms with E-state index in [1.807, 2.05) is 12.1 Å². The summed E-state index contributed by atoms with van der Waals surface area (Å²) >= 11 is 0. The molecule has 3 fully saturated rings. The number of hydrogen-bond acceptors (Lipinski definition) is 7. The molecule has 3 atom stereocenters. The van der Waals surface area contributed by atoms with E-state index in [0.29, 0.717) is 35.7 Å². The van der Waals surface area contributed by atoms with Gasteiger partial charge in [0.25, 0.3) is 11.8 Å². The molecule has 2 unspecified atom stereocenters. The third-order valence-corrected chi connectivity index (χ3v) is 11.7. The zero-order chi connectivity index (χ0) is 33.4. The summed E-state index contributed by atoms with van der Waals surface area (Å²) in [7, 11) is 0. The van der Waals surface area contributed by atoms with Gasteiger partial charge in [-0.15, -0.1) is 5.11 Å². The van der Waals surface area contributed by atoms with Crippen molar-refractivity contribution < 1.29 is 9.59 Å². The van der Waals surface area contributed by atoms with Crippen LogP contribution in [0.2, 0.25) is 0 Å². The first-order valence-electron chi connectivity index (χ1n) is 18.3. The fraction of sp³-hybridized carbons (Fsp3) is 0.737. The Morgan fingerprint density at radius 1 is 0.979 bits per heavy atom. The molecule has 3 aliphatic heterocycles. The number of fused-ring (bicyclic) bond motifs is 1. The minimum atomic E-state index is -0.521. The average molecular weight is 644 g/mol. The Morgan fingerprint density at radius 2 is 1.68 bits per heavy atom. The van der Waals surface area contributed by atoms with E-state index in [1.165, 1.54) is 32.1 Å².